The fourth-order valence-electron chi connectivity index (χ4n) is 1.64. The van der Waals surface area contributed by atoms with E-state index in [2.05, 4.69) is 21.0 Å². The first-order valence-corrected chi connectivity index (χ1v) is 6.61. The summed E-state index contributed by atoms with van der Waals surface area (Å²) in [7, 11) is 0. The lowest BCUT2D eigenvalue weighted by Gasteiger charge is -1.99. The molecule has 0 saturated carbocycles. The Balaban J connectivity index is 1.91. The Labute approximate surface area is 122 Å². The summed E-state index contributed by atoms with van der Waals surface area (Å²) >= 11 is 3.33. The van der Waals surface area contributed by atoms with E-state index < -0.39 is 5.76 Å². The fourth-order valence-corrected chi connectivity index (χ4v) is 1.90. The monoisotopic (exact) mass is 332 g/mol. The van der Waals surface area contributed by atoms with E-state index in [1.165, 1.54) is 0 Å². The van der Waals surface area contributed by atoms with Crippen molar-refractivity contribution >= 4 is 15.9 Å². The molecule has 0 saturated heterocycles. The van der Waals surface area contributed by atoms with E-state index in [0.29, 0.717) is 11.4 Å². The van der Waals surface area contributed by atoms with Gasteiger partial charge in [-0.1, -0.05) is 39.2 Å². The van der Waals surface area contributed by atoms with Crippen LogP contribution in [0.15, 0.2) is 68.3 Å². The number of benzene rings is 2. The van der Waals surface area contributed by atoms with Gasteiger partial charge in [-0.15, -0.1) is 0 Å². The first-order valence-electron chi connectivity index (χ1n) is 5.81. The highest BCUT2D eigenvalue weighted by molar-refractivity contribution is 9.10. The second-order valence-corrected chi connectivity index (χ2v) is 4.85. The van der Waals surface area contributed by atoms with Crippen LogP contribution in [-0.2, 0) is 0 Å². The Morgan fingerprint density at radius 3 is 2.45 bits per heavy atom. The third-order valence-corrected chi connectivity index (χ3v) is 3.08. The molecule has 20 heavy (non-hydrogen) atoms. The van der Waals surface area contributed by atoms with Crippen LogP contribution in [0.3, 0.4) is 0 Å². The number of ether oxygens (including phenoxy) is 1. The van der Waals surface area contributed by atoms with Crippen molar-refractivity contribution in [3.05, 3.63) is 69.6 Å². The fraction of sp³-hybridized carbons (Fsp3) is 0. The van der Waals surface area contributed by atoms with E-state index in [1.807, 2.05) is 30.3 Å². The standard InChI is InChI=1S/C14H9BrN2O3/c15-10-6-8-11(9-7-10)17-14(18)20-13(16-17)19-12-4-2-1-3-5-12/h1-9H. The zero-order valence-corrected chi connectivity index (χ0v) is 11.8. The SMILES string of the molecule is O=c1oc(Oc2ccccc2)nn1-c1ccc(Br)cc1. The molecule has 0 aliphatic rings. The molecule has 0 bridgehead atoms. The van der Waals surface area contributed by atoms with Gasteiger partial charge in [-0.2, -0.15) is 4.68 Å². The predicted molar refractivity (Wildman–Crippen MR) is 76.3 cm³/mol. The molecule has 0 aliphatic heterocycles. The zero-order chi connectivity index (χ0) is 13.9. The molecule has 3 rings (SSSR count). The minimum atomic E-state index is -0.599. The lowest BCUT2D eigenvalue weighted by atomic mass is 10.3. The van der Waals surface area contributed by atoms with Crippen LogP contribution in [0.1, 0.15) is 0 Å². The number of rotatable bonds is 3. The van der Waals surface area contributed by atoms with Gasteiger partial charge in [0.25, 0.3) is 0 Å². The average Bonchev–Trinajstić information content (AvgIpc) is 2.81. The highest BCUT2D eigenvalue weighted by Gasteiger charge is 2.11. The summed E-state index contributed by atoms with van der Waals surface area (Å²) in [5, 5.41) is 4.00. The molecule has 2 aromatic carbocycles. The Hall–Kier alpha value is -2.34. The van der Waals surface area contributed by atoms with Gasteiger partial charge in [0.15, 0.2) is 0 Å². The maximum Gasteiger partial charge on any atom is 0.444 e. The molecule has 0 unspecified atom stereocenters. The van der Waals surface area contributed by atoms with Gasteiger partial charge in [0.1, 0.15) is 5.75 Å². The van der Waals surface area contributed by atoms with Crippen molar-refractivity contribution in [1.29, 1.82) is 0 Å². The minimum absolute atomic E-state index is 0.0934. The number of hydrogen-bond donors (Lipinski definition) is 0. The van der Waals surface area contributed by atoms with E-state index in [4.69, 9.17) is 9.15 Å². The molecular weight excluding hydrogens is 324 g/mol. The number of hydrogen-bond acceptors (Lipinski definition) is 4. The van der Waals surface area contributed by atoms with Crippen LogP contribution in [-0.4, -0.2) is 9.78 Å². The molecule has 1 heterocycles. The van der Waals surface area contributed by atoms with E-state index in [-0.39, 0.29) is 6.08 Å². The highest BCUT2D eigenvalue weighted by atomic mass is 79.9. The molecule has 5 nitrogen and oxygen atoms in total. The van der Waals surface area contributed by atoms with Crippen LogP contribution in [0.4, 0.5) is 0 Å². The number of halogens is 1. The summed E-state index contributed by atoms with van der Waals surface area (Å²) in [6.45, 7) is 0. The third-order valence-electron chi connectivity index (χ3n) is 2.55. The molecule has 0 spiro atoms. The summed E-state index contributed by atoms with van der Waals surface area (Å²) in [5.41, 5.74) is 0.602. The first-order chi connectivity index (χ1) is 9.72. The molecule has 100 valence electrons. The van der Waals surface area contributed by atoms with Crippen molar-refractivity contribution in [3.63, 3.8) is 0 Å². The highest BCUT2D eigenvalue weighted by Crippen LogP contribution is 2.18. The van der Waals surface area contributed by atoms with Crippen molar-refractivity contribution < 1.29 is 9.15 Å². The second kappa shape index (κ2) is 5.34. The zero-order valence-electron chi connectivity index (χ0n) is 10.2. The van der Waals surface area contributed by atoms with E-state index in [0.717, 1.165) is 9.15 Å². The molecule has 3 aromatic rings. The Kier molecular flexibility index (Phi) is 3.39. The van der Waals surface area contributed by atoms with E-state index >= 15 is 0 Å². The van der Waals surface area contributed by atoms with Gasteiger partial charge in [-0.3, -0.25) is 0 Å². The molecule has 0 atom stereocenters. The lowest BCUT2D eigenvalue weighted by Crippen LogP contribution is -2.13. The summed E-state index contributed by atoms with van der Waals surface area (Å²) < 4.78 is 12.4. The summed E-state index contributed by atoms with van der Waals surface area (Å²) in [6.07, 6.45) is -0.0934. The van der Waals surface area contributed by atoms with Gasteiger partial charge in [0, 0.05) is 4.47 Å². The van der Waals surface area contributed by atoms with Crippen LogP contribution in [0, 0.1) is 0 Å². The van der Waals surface area contributed by atoms with Gasteiger partial charge in [-0.05, 0) is 36.4 Å². The normalized spacial score (nSPS) is 10.4. The largest absolute Gasteiger partial charge is 0.444 e. The van der Waals surface area contributed by atoms with Crippen LogP contribution < -0.4 is 10.5 Å². The molecule has 0 amide bonds. The predicted octanol–water partition coefficient (Wildman–Crippen LogP) is 3.38. The van der Waals surface area contributed by atoms with Gasteiger partial charge >= 0.3 is 11.8 Å². The third kappa shape index (κ3) is 2.65. The molecule has 0 fully saturated rings. The van der Waals surface area contributed by atoms with E-state index in [9.17, 15) is 4.79 Å². The molecule has 0 radical (unpaired) electrons. The topological polar surface area (TPSA) is 57.3 Å². The Bertz CT molecular complexity index is 763. The Morgan fingerprint density at radius 2 is 1.75 bits per heavy atom. The van der Waals surface area contributed by atoms with Crippen LogP contribution in [0.25, 0.3) is 5.69 Å². The summed E-state index contributed by atoms with van der Waals surface area (Å²) in [6, 6.07) is 16.1. The van der Waals surface area contributed by atoms with Crippen LogP contribution in [0.5, 0.6) is 11.8 Å². The second-order valence-electron chi connectivity index (χ2n) is 3.94. The van der Waals surface area contributed by atoms with Gasteiger partial charge in [0.2, 0.25) is 0 Å². The molecule has 0 aliphatic carbocycles. The average molecular weight is 333 g/mol. The number of aromatic nitrogens is 2. The lowest BCUT2D eigenvalue weighted by molar-refractivity contribution is 0.320. The quantitative estimate of drug-likeness (QED) is 0.737. The van der Waals surface area contributed by atoms with Crippen LogP contribution >= 0.6 is 15.9 Å². The van der Waals surface area contributed by atoms with Crippen molar-refractivity contribution in [2.45, 2.75) is 0 Å². The number of nitrogens with zero attached hydrogens (tertiary/aromatic N) is 2. The van der Waals surface area contributed by atoms with Crippen molar-refractivity contribution in [2.75, 3.05) is 0 Å². The maximum absolute atomic E-state index is 11.8. The first kappa shape index (κ1) is 12.7. The minimum Gasteiger partial charge on any atom is -0.410 e. The van der Waals surface area contributed by atoms with Crippen molar-refractivity contribution in [2.24, 2.45) is 0 Å². The van der Waals surface area contributed by atoms with Gasteiger partial charge in [0.05, 0.1) is 5.69 Å². The van der Waals surface area contributed by atoms with Crippen molar-refractivity contribution in [1.82, 2.24) is 9.78 Å². The number of para-hydroxylation sites is 1. The summed E-state index contributed by atoms with van der Waals surface area (Å²) in [4.78, 5) is 11.8. The van der Waals surface area contributed by atoms with Crippen LogP contribution in [0.2, 0.25) is 0 Å². The molecule has 0 N–H and O–H groups in total. The molecular formula is C14H9BrN2O3. The van der Waals surface area contributed by atoms with Gasteiger partial charge in [-0.25, -0.2) is 4.79 Å². The smallest absolute Gasteiger partial charge is 0.410 e. The van der Waals surface area contributed by atoms with E-state index in [1.54, 1.807) is 24.3 Å². The molecule has 6 heteroatoms. The van der Waals surface area contributed by atoms with Crippen molar-refractivity contribution in [3.8, 4) is 17.5 Å². The van der Waals surface area contributed by atoms with Gasteiger partial charge < -0.3 is 9.15 Å². The Morgan fingerprint density at radius 1 is 1.05 bits per heavy atom. The molecule has 1 aromatic heterocycles. The summed E-state index contributed by atoms with van der Waals surface area (Å²) in [5.74, 6) is -0.0463. The maximum atomic E-state index is 11.8.